The average Bonchev–Trinajstić information content (AvgIpc) is 3.14. The quantitative estimate of drug-likeness (QED) is 0.600. The Balaban J connectivity index is 1.75. The maximum atomic E-state index is 15.7. The third-order valence-electron chi connectivity index (χ3n) is 6.15. The molecule has 1 fully saturated rings. The lowest BCUT2D eigenvalue weighted by molar-refractivity contribution is -0.169. The number of nitrogens with one attached hydrogen (secondary N) is 1. The van der Waals surface area contributed by atoms with Crippen LogP contribution in [0.1, 0.15) is 26.3 Å². The van der Waals surface area contributed by atoms with Crippen molar-refractivity contribution in [2.75, 3.05) is 13.7 Å². The normalized spacial score (nSPS) is 28.1. The van der Waals surface area contributed by atoms with Crippen molar-refractivity contribution in [2.45, 2.75) is 75.4 Å². The standard InChI is InChI=1S/C22H33FN2O5SSi/c1-22(2,3)32(5,6)28-13-15-18(27-12-14-10-8-7-9-11-14)16(23)17-19(29-15)31-21(25-17)30-20(26)24-4/h7-11,15-19H,12-13H2,1-6H3,(H,24,26)/t15-,16-,17-,18+,19-/m1/s1. The highest BCUT2D eigenvalue weighted by atomic mass is 32.2. The maximum Gasteiger partial charge on any atom is 0.414 e. The highest BCUT2D eigenvalue weighted by molar-refractivity contribution is 8.14. The molecule has 5 atom stereocenters. The highest BCUT2D eigenvalue weighted by Gasteiger charge is 2.52. The SMILES string of the molecule is CNC(=O)OC1=N[C@@H]2[C@@H](F)[C@@H](OCc3ccccc3)[C@@H](CO[Si](C)(C)C(C)(C)C)O[C@@H]2S1. The molecule has 2 aliphatic heterocycles. The lowest BCUT2D eigenvalue weighted by atomic mass is 9.99. The Bertz CT molecular complexity index is 820. The molecule has 2 heterocycles. The molecule has 1 amide bonds. The van der Waals surface area contributed by atoms with Crippen molar-refractivity contribution in [1.29, 1.82) is 0 Å². The number of amides is 1. The number of rotatable bonds is 6. The molecule has 0 radical (unpaired) electrons. The van der Waals surface area contributed by atoms with E-state index in [0.29, 0.717) is 0 Å². The number of benzene rings is 1. The van der Waals surface area contributed by atoms with E-state index in [9.17, 15) is 4.79 Å². The molecule has 0 bridgehead atoms. The fraction of sp³-hybridized carbons (Fsp3) is 0.636. The fourth-order valence-electron chi connectivity index (χ4n) is 3.15. The number of nitrogens with zero attached hydrogens (tertiary/aromatic N) is 1. The van der Waals surface area contributed by atoms with Gasteiger partial charge in [-0.05, 0) is 35.5 Å². The first-order valence-electron chi connectivity index (χ1n) is 10.7. The molecule has 1 N–H and O–H groups in total. The van der Waals surface area contributed by atoms with E-state index in [-0.39, 0.29) is 23.5 Å². The van der Waals surface area contributed by atoms with Gasteiger partial charge in [0.1, 0.15) is 23.7 Å². The summed E-state index contributed by atoms with van der Waals surface area (Å²) in [6, 6.07) is 8.79. The van der Waals surface area contributed by atoms with Gasteiger partial charge in [0.05, 0.1) is 13.2 Å². The van der Waals surface area contributed by atoms with Crippen LogP contribution >= 0.6 is 11.8 Å². The van der Waals surface area contributed by atoms with E-state index in [1.54, 1.807) is 0 Å². The van der Waals surface area contributed by atoms with Crippen LogP contribution in [0.5, 0.6) is 0 Å². The van der Waals surface area contributed by atoms with Gasteiger partial charge in [-0.25, -0.2) is 14.2 Å². The van der Waals surface area contributed by atoms with Crippen molar-refractivity contribution >= 4 is 31.4 Å². The van der Waals surface area contributed by atoms with Gasteiger partial charge in [-0.1, -0.05) is 51.1 Å². The number of carbonyl (C=O) groups is 1. The van der Waals surface area contributed by atoms with E-state index in [4.69, 9.17) is 18.6 Å². The van der Waals surface area contributed by atoms with Gasteiger partial charge in [-0.3, -0.25) is 0 Å². The number of alkyl carbamates (subject to hydrolysis) is 1. The Labute approximate surface area is 194 Å². The molecule has 1 aromatic rings. The van der Waals surface area contributed by atoms with Crippen molar-refractivity contribution in [3.8, 4) is 0 Å². The van der Waals surface area contributed by atoms with Crippen LogP contribution in [0.3, 0.4) is 0 Å². The summed E-state index contributed by atoms with van der Waals surface area (Å²) in [5.41, 5.74) is 0.341. The minimum Gasteiger partial charge on any atom is -0.414 e. The summed E-state index contributed by atoms with van der Waals surface area (Å²) in [7, 11) is -0.622. The smallest absolute Gasteiger partial charge is 0.414 e. The van der Waals surface area contributed by atoms with Crippen molar-refractivity contribution in [3.05, 3.63) is 35.9 Å². The number of carbonyl (C=O) groups excluding carboxylic acids is 1. The molecule has 7 nitrogen and oxygen atoms in total. The Hall–Kier alpha value is -1.46. The third-order valence-corrected chi connectivity index (χ3v) is 11.7. The van der Waals surface area contributed by atoms with Gasteiger partial charge in [0.25, 0.3) is 5.23 Å². The zero-order chi connectivity index (χ0) is 23.5. The van der Waals surface area contributed by atoms with Gasteiger partial charge >= 0.3 is 6.09 Å². The topological polar surface area (TPSA) is 78.4 Å². The predicted octanol–water partition coefficient (Wildman–Crippen LogP) is 4.48. The van der Waals surface area contributed by atoms with Gasteiger partial charge in [-0.15, -0.1) is 0 Å². The highest BCUT2D eigenvalue weighted by Crippen LogP contribution is 2.41. The molecule has 0 aromatic heterocycles. The molecule has 32 heavy (non-hydrogen) atoms. The Morgan fingerprint density at radius 2 is 1.97 bits per heavy atom. The largest absolute Gasteiger partial charge is 0.414 e. The number of hydrogen-bond acceptors (Lipinski definition) is 7. The van der Waals surface area contributed by atoms with E-state index < -0.39 is 44.3 Å². The number of alkyl halides is 1. The molecule has 0 aliphatic carbocycles. The molecule has 1 aromatic carbocycles. The molecule has 0 saturated carbocycles. The first-order chi connectivity index (χ1) is 15.0. The first-order valence-corrected chi connectivity index (χ1v) is 14.5. The summed E-state index contributed by atoms with van der Waals surface area (Å²) in [4.78, 5) is 15.8. The van der Waals surface area contributed by atoms with Crippen molar-refractivity contribution in [1.82, 2.24) is 5.32 Å². The molecular formula is C22H33FN2O5SSi. The van der Waals surface area contributed by atoms with Gasteiger partial charge < -0.3 is 24.0 Å². The third kappa shape index (κ3) is 5.90. The van der Waals surface area contributed by atoms with Crippen molar-refractivity contribution < 1.29 is 27.8 Å². The molecular weight excluding hydrogens is 451 g/mol. The molecule has 2 aliphatic rings. The second-order valence-corrected chi connectivity index (χ2v) is 15.3. The Kier molecular flexibility index (Phi) is 8.03. The lowest BCUT2D eigenvalue weighted by Gasteiger charge is -2.42. The molecule has 3 rings (SSSR count). The van der Waals surface area contributed by atoms with Crippen LogP contribution in [0.2, 0.25) is 18.1 Å². The van der Waals surface area contributed by atoms with Crippen LogP contribution in [0.25, 0.3) is 0 Å². The van der Waals surface area contributed by atoms with Crippen LogP contribution in [-0.4, -0.2) is 63.2 Å². The number of thioether (sulfide) groups is 1. The molecule has 1 saturated heterocycles. The monoisotopic (exact) mass is 484 g/mol. The summed E-state index contributed by atoms with van der Waals surface area (Å²) < 4.78 is 39.4. The van der Waals surface area contributed by atoms with E-state index in [2.05, 4.69) is 44.2 Å². The van der Waals surface area contributed by atoms with Gasteiger partial charge in [-0.2, -0.15) is 0 Å². The minimum atomic E-state index is -2.07. The number of ether oxygens (including phenoxy) is 3. The number of aliphatic imine (C=N–C) groups is 1. The molecule has 178 valence electrons. The van der Waals surface area contributed by atoms with Crippen LogP contribution in [0.4, 0.5) is 9.18 Å². The number of halogens is 1. The molecule has 0 spiro atoms. The van der Waals surface area contributed by atoms with Crippen LogP contribution in [0, 0.1) is 0 Å². The second kappa shape index (κ2) is 10.2. The zero-order valence-electron chi connectivity index (χ0n) is 19.5. The van der Waals surface area contributed by atoms with Gasteiger partial charge in [0.2, 0.25) is 0 Å². The Morgan fingerprint density at radius 1 is 1.28 bits per heavy atom. The second-order valence-electron chi connectivity index (χ2n) is 9.46. The summed E-state index contributed by atoms with van der Waals surface area (Å²) in [5, 5.41) is 2.47. The predicted molar refractivity (Wildman–Crippen MR) is 126 cm³/mol. The van der Waals surface area contributed by atoms with Crippen LogP contribution in [0.15, 0.2) is 35.3 Å². The van der Waals surface area contributed by atoms with Crippen LogP contribution < -0.4 is 5.32 Å². The molecule has 0 unspecified atom stereocenters. The average molecular weight is 485 g/mol. The Morgan fingerprint density at radius 3 is 2.59 bits per heavy atom. The lowest BCUT2D eigenvalue weighted by Crippen LogP contribution is -2.56. The summed E-state index contributed by atoms with van der Waals surface area (Å²) in [5.74, 6) is 0. The van der Waals surface area contributed by atoms with E-state index in [1.165, 1.54) is 7.05 Å². The van der Waals surface area contributed by atoms with E-state index in [0.717, 1.165) is 17.3 Å². The first kappa shape index (κ1) is 25.2. The summed E-state index contributed by atoms with van der Waals surface area (Å²) >= 11 is 1.11. The number of fused-ring (bicyclic) bond motifs is 1. The van der Waals surface area contributed by atoms with E-state index in [1.807, 2.05) is 30.3 Å². The van der Waals surface area contributed by atoms with E-state index >= 15 is 4.39 Å². The fourth-order valence-corrected chi connectivity index (χ4v) is 5.22. The van der Waals surface area contributed by atoms with Gasteiger partial charge in [0, 0.05) is 7.05 Å². The van der Waals surface area contributed by atoms with Gasteiger partial charge in [0.15, 0.2) is 14.5 Å². The zero-order valence-corrected chi connectivity index (χ0v) is 21.3. The summed E-state index contributed by atoms with van der Waals surface area (Å²) in [6.07, 6.45) is -3.54. The van der Waals surface area contributed by atoms with Crippen LogP contribution in [-0.2, 0) is 25.2 Å². The maximum absolute atomic E-state index is 15.7. The minimum absolute atomic E-state index is 0.0133. The van der Waals surface area contributed by atoms with Crippen molar-refractivity contribution in [2.24, 2.45) is 4.99 Å². The van der Waals surface area contributed by atoms with Crippen molar-refractivity contribution in [3.63, 3.8) is 0 Å². The molecule has 10 heteroatoms. The summed E-state index contributed by atoms with van der Waals surface area (Å²) in [6.45, 7) is 11.2. The number of hydrogen-bond donors (Lipinski definition) is 1.